The molecule has 20 heavy (non-hydrogen) atoms. The second-order valence-corrected chi connectivity index (χ2v) is 5.23. The summed E-state index contributed by atoms with van der Waals surface area (Å²) < 4.78 is 51.3. The van der Waals surface area contributed by atoms with E-state index in [1.165, 1.54) is 36.0 Å². The normalized spacial score (nSPS) is 11.7. The maximum atomic E-state index is 13.1. The van der Waals surface area contributed by atoms with Crippen LogP contribution in [0.1, 0.15) is 11.1 Å². The number of hydrogen-bond acceptors (Lipinski definition) is 2. The van der Waals surface area contributed by atoms with Crippen LogP contribution in [0.2, 0.25) is 0 Å². The van der Waals surface area contributed by atoms with E-state index in [-0.39, 0.29) is 17.9 Å². The smallest absolute Gasteiger partial charge is 0.326 e. The molecule has 0 saturated carbocycles. The standard InChI is InChI=1S/C14H11F4NS/c15-10-2-1-3-11(7-10)20-12-4-5-13(14(16,17)18)9(6-12)8-19/h1-7H,8,19H2. The van der Waals surface area contributed by atoms with Gasteiger partial charge in [-0.3, -0.25) is 0 Å². The highest BCUT2D eigenvalue weighted by Gasteiger charge is 2.32. The van der Waals surface area contributed by atoms with Crippen molar-refractivity contribution in [3.63, 3.8) is 0 Å². The third-order valence-electron chi connectivity index (χ3n) is 2.63. The minimum Gasteiger partial charge on any atom is -0.326 e. The van der Waals surface area contributed by atoms with Crippen LogP contribution in [0, 0.1) is 5.82 Å². The van der Waals surface area contributed by atoms with Crippen molar-refractivity contribution < 1.29 is 17.6 Å². The Balaban J connectivity index is 2.30. The molecule has 0 aliphatic heterocycles. The summed E-state index contributed by atoms with van der Waals surface area (Å²) in [6.45, 7) is -0.202. The van der Waals surface area contributed by atoms with Gasteiger partial charge in [0, 0.05) is 16.3 Å². The van der Waals surface area contributed by atoms with Gasteiger partial charge in [0.25, 0.3) is 0 Å². The van der Waals surface area contributed by atoms with Gasteiger partial charge in [0.2, 0.25) is 0 Å². The fraction of sp³-hybridized carbons (Fsp3) is 0.143. The van der Waals surface area contributed by atoms with E-state index in [0.717, 1.165) is 6.07 Å². The molecule has 106 valence electrons. The predicted octanol–water partition coefficient (Wildman–Crippen LogP) is 4.45. The molecule has 0 atom stereocenters. The van der Waals surface area contributed by atoms with Crippen molar-refractivity contribution in [2.45, 2.75) is 22.5 Å². The van der Waals surface area contributed by atoms with E-state index < -0.39 is 11.7 Å². The van der Waals surface area contributed by atoms with Crippen molar-refractivity contribution in [1.29, 1.82) is 0 Å². The van der Waals surface area contributed by atoms with Gasteiger partial charge in [0.15, 0.2) is 0 Å². The molecule has 2 aromatic carbocycles. The Morgan fingerprint density at radius 2 is 1.70 bits per heavy atom. The van der Waals surface area contributed by atoms with Crippen molar-refractivity contribution in [3.05, 3.63) is 59.4 Å². The van der Waals surface area contributed by atoms with Crippen LogP contribution in [0.3, 0.4) is 0 Å². The van der Waals surface area contributed by atoms with Gasteiger partial charge < -0.3 is 5.73 Å². The molecular formula is C14H11F4NS. The largest absolute Gasteiger partial charge is 0.416 e. The third kappa shape index (κ3) is 3.52. The van der Waals surface area contributed by atoms with Gasteiger partial charge in [-0.05, 0) is 42.0 Å². The van der Waals surface area contributed by atoms with Crippen LogP contribution in [0.4, 0.5) is 17.6 Å². The van der Waals surface area contributed by atoms with Crippen LogP contribution in [-0.4, -0.2) is 0 Å². The lowest BCUT2D eigenvalue weighted by Gasteiger charge is -2.13. The molecule has 0 bridgehead atoms. The summed E-state index contributed by atoms with van der Waals surface area (Å²) in [6.07, 6.45) is -4.42. The average Bonchev–Trinajstić information content (AvgIpc) is 2.37. The van der Waals surface area contributed by atoms with Gasteiger partial charge >= 0.3 is 6.18 Å². The van der Waals surface area contributed by atoms with Crippen LogP contribution in [0.15, 0.2) is 52.3 Å². The molecule has 0 unspecified atom stereocenters. The van der Waals surface area contributed by atoms with Crippen molar-refractivity contribution in [2.24, 2.45) is 5.73 Å². The van der Waals surface area contributed by atoms with Gasteiger partial charge in [-0.1, -0.05) is 17.8 Å². The minimum absolute atomic E-state index is 0.0268. The van der Waals surface area contributed by atoms with E-state index in [4.69, 9.17) is 5.73 Å². The van der Waals surface area contributed by atoms with Crippen molar-refractivity contribution in [2.75, 3.05) is 0 Å². The van der Waals surface area contributed by atoms with Crippen LogP contribution in [0.5, 0.6) is 0 Å². The van der Waals surface area contributed by atoms with Crippen LogP contribution in [-0.2, 0) is 12.7 Å². The highest BCUT2D eigenvalue weighted by molar-refractivity contribution is 7.99. The molecule has 0 fully saturated rings. The van der Waals surface area contributed by atoms with E-state index >= 15 is 0 Å². The second-order valence-electron chi connectivity index (χ2n) is 4.08. The van der Waals surface area contributed by atoms with Crippen LogP contribution >= 0.6 is 11.8 Å². The summed E-state index contributed by atoms with van der Waals surface area (Å²) in [4.78, 5) is 1.21. The molecule has 0 heterocycles. The Morgan fingerprint density at radius 3 is 2.30 bits per heavy atom. The van der Waals surface area contributed by atoms with Crippen LogP contribution in [0.25, 0.3) is 0 Å². The molecule has 2 aromatic rings. The van der Waals surface area contributed by atoms with Gasteiger partial charge in [-0.2, -0.15) is 13.2 Å². The number of alkyl halides is 3. The Hall–Kier alpha value is -1.53. The first kappa shape index (κ1) is 14.9. The van der Waals surface area contributed by atoms with Gasteiger partial charge in [0.1, 0.15) is 5.82 Å². The zero-order valence-electron chi connectivity index (χ0n) is 10.2. The zero-order chi connectivity index (χ0) is 14.8. The summed E-state index contributed by atoms with van der Waals surface area (Å²) in [5, 5.41) is 0. The van der Waals surface area contributed by atoms with E-state index in [1.807, 2.05) is 0 Å². The minimum atomic E-state index is -4.42. The van der Waals surface area contributed by atoms with E-state index in [2.05, 4.69) is 0 Å². The molecule has 2 rings (SSSR count). The molecule has 6 heteroatoms. The molecule has 0 aromatic heterocycles. The Bertz CT molecular complexity index is 610. The summed E-state index contributed by atoms with van der Waals surface area (Å²) in [6, 6.07) is 9.62. The number of halogens is 4. The fourth-order valence-electron chi connectivity index (χ4n) is 1.75. The fourth-order valence-corrected chi connectivity index (χ4v) is 2.67. The zero-order valence-corrected chi connectivity index (χ0v) is 11.1. The molecular weight excluding hydrogens is 290 g/mol. The van der Waals surface area contributed by atoms with E-state index in [9.17, 15) is 17.6 Å². The average molecular weight is 301 g/mol. The monoisotopic (exact) mass is 301 g/mol. The summed E-state index contributed by atoms with van der Waals surface area (Å²) in [5.41, 5.74) is 4.66. The Morgan fingerprint density at radius 1 is 1.00 bits per heavy atom. The van der Waals surface area contributed by atoms with Crippen molar-refractivity contribution in [3.8, 4) is 0 Å². The maximum Gasteiger partial charge on any atom is 0.416 e. The highest BCUT2D eigenvalue weighted by atomic mass is 32.2. The predicted molar refractivity (Wildman–Crippen MR) is 69.9 cm³/mol. The first-order chi connectivity index (χ1) is 9.40. The Labute approximate surface area is 117 Å². The lowest BCUT2D eigenvalue weighted by molar-refractivity contribution is -0.138. The molecule has 0 aliphatic carbocycles. The number of hydrogen-bond donors (Lipinski definition) is 1. The lowest BCUT2D eigenvalue weighted by Crippen LogP contribution is -2.11. The first-order valence-corrected chi connectivity index (χ1v) is 6.55. The number of nitrogens with two attached hydrogens (primary N) is 1. The molecule has 0 radical (unpaired) electrons. The number of rotatable bonds is 3. The molecule has 0 saturated heterocycles. The molecule has 0 amide bonds. The van der Waals surface area contributed by atoms with Gasteiger partial charge in [-0.15, -0.1) is 0 Å². The van der Waals surface area contributed by atoms with Gasteiger partial charge in [0.05, 0.1) is 5.56 Å². The molecule has 0 spiro atoms. The maximum absolute atomic E-state index is 13.1. The molecule has 0 aliphatic rings. The van der Waals surface area contributed by atoms with E-state index in [1.54, 1.807) is 12.1 Å². The van der Waals surface area contributed by atoms with Crippen molar-refractivity contribution in [1.82, 2.24) is 0 Å². The topological polar surface area (TPSA) is 26.0 Å². The van der Waals surface area contributed by atoms with E-state index in [0.29, 0.717) is 9.79 Å². The van der Waals surface area contributed by atoms with Gasteiger partial charge in [-0.25, -0.2) is 4.39 Å². The Kier molecular flexibility index (Phi) is 4.35. The number of benzene rings is 2. The lowest BCUT2D eigenvalue weighted by atomic mass is 10.1. The summed E-state index contributed by atoms with van der Waals surface area (Å²) in [7, 11) is 0. The summed E-state index contributed by atoms with van der Waals surface area (Å²) in [5.74, 6) is -0.388. The quantitative estimate of drug-likeness (QED) is 0.847. The second kappa shape index (κ2) is 5.85. The molecule has 2 N–H and O–H groups in total. The van der Waals surface area contributed by atoms with Crippen LogP contribution < -0.4 is 5.73 Å². The SMILES string of the molecule is NCc1cc(Sc2cccc(F)c2)ccc1C(F)(F)F. The third-order valence-corrected chi connectivity index (χ3v) is 3.61. The first-order valence-electron chi connectivity index (χ1n) is 5.74. The summed E-state index contributed by atoms with van der Waals surface area (Å²) >= 11 is 1.19. The van der Waals surface area contributed by atoms with Crippen molar-refractivity contribution >= 4 is 11.8 Å². The molecule has 1 nitrogen and oxygen atoms in total. The highest BCUT2D eigenvalue weighted by Crippen LogP contribution is 2.35.